The van der Waals surface area contributed by atoms with Gasteiger partial charge in [0, 0.05) is 49.2 Å². The number of anilines is 1. The van der Waals surface area contributed by atoms with Gasteiger partial charge in [-0.1, -0.05) is 26.0 Å². The van der Waals surface area contributed by atoms with Crippen LogP contribution in [0.15, 0.2) is 61.1 Å². The first-order valence-electron chi connectivity index (χ1n) is 13.4. The number of piperidine rings is 1. The van der Waals surface area contributed by atoms with Crippen molar-refractivity contribution in [3.05, 3.63) is 72.2 Å². The summed E-state index contributed by atoms with van der Waals surface area (Å²) in [6.07, 6.45) is 6.08. The number of nitrogens with zero attached hydrogens (tertiary/aromatic N) is 6. The molecule has 2 N–H and O–H groups in total. The first-order chi connectivity index (χ1) is 18.5. The zero-order chi connectivity index (χ0) is 26.2. The van der Waals surface area contributed by atoms with Crippen LogP contribution in [0.3, 0.4) is 0 Å². The van der Waals surface area contributed by atoms with Gasteiger partial charge in [0.1, 0.15) is 6.33 Å². The molecule has 2 aromatic carbocycles. The van der Waals surface area contributed by atoms with Crippen molar-refractivity contribution in [2.24, 2.45) is 5.92 Å². The fourth-order valence-corrected chi connectivity index (χ4v) is 5.69. The third-order valence-electron chi connectivity index (χ3n) is 8.00. The van der Waals surface area contributed by atoms with Crippen LogP contribution in [-0.2, 0) is 6.54 Å². The third kappa shape index (κ3) is 4.49. The van der Waals surface area contributed by atoms with E-state index in [-0.39, 0.29) is 12.6 Å². The molecular formula is C30H33N7O. The SMILES string of the molecule is CC(C)[C@@H](CO)NC1CCN(c2ccc3c(c2)Cn2cc(-c4ccc(C#N)cc4)cc2-c2nncn2-3)CC1. The average molecular weight is 508 g/mol. The minimum absolute atomic E-state index is 0.155. The van der Waals surface area contributed by atoms with Gasteiger partial charge in [-0.15, -0.1) is 10.2 Å². The van der Waals surface area contributed by atoms with Gasteiger partial charge >= 0.3 is 0 Å². The standard InChI is InChI=1S/C30H33N7O/c1-20(2)27(18-38)33-25-9-11-35(12-10-25)26-7-8-28-24(13-26)17-36-16-23(22-5-3-21(15-31)4-6-22)14-29(36)30-34-32-19-37(28)30/h3-8,13-14,16,19-20,25,27,33,38H,9-12,17-18H2,1-2H3/t27-/m1/s1. The summed E-state index contributed by atoms with van der Waals surface area (Å²) < 4.78 is 4.33. The lowest BCUT2D eigenvalue weighted by atomic mass is 9.99. The van der Waals surface area contributed by atoms with Crippen LogP contribution >= 0.6 is 0 Å². The fraction of sp³-hybridized carbons (Fsp3) is 0.367. The molecule has 2 aliphatic heterocycles. The summed E-state index contributed by atoms with van der Waals surface area (Å²) >= 11 is 0. The van der Waals surface area contributed by atoms with Crippen LogP contribution in [0.2, 0.25) is 0 Å². The molecule has 1 fully saturated rings. The van der Waals surface area contributed by atoms with Gasteiger partial charge in [0.15, 0.2) is 5.82 Å². The Morgan fingerprint density at radius 3 is 2.58 bits per heavy atom. The Balaban J connectivity index is 1.26. The Morgan fingerprint density at radius 2 is 1.87 bits per heavy atom. The molecule has 0 spiro atoms. The number of rotatable bonds is 6. The molecule has 8 nitrogen and oxygen atoms in total. The lowest BCUT2D eigenvalue weighted by molar-refractivity contribution is 0.192. The number of nitrogens with one attached hydrogen (secondary N) is 1. The van der Waals surface area contributed by atoms with E-state index in [1.807, 2.05) is 24.3 Å². The number of aliphatic hydroxyl groups excluding tert-OH is 1. The van der Waals surface area contributed by atoms with E-state index >= 15 is 0 Å². The van der Waals surface area contributed by atoms with Crippen LogP contribution in [0.5, 0.6) is 0 Å². The second-order valence-corrected chi connectivity index (χ2v) is 10.7. The quantitative estimate of drug-likeness (QED) is 0.358. The van der Waals surface area contributed by atoms with E-state index in [0.29, 0.717) is 17.5 Å². The Labute approximate surface area is 223 Å². The van der Waals surface area contributed by atoms with E-state index in [2.05, 4.69) is 79.9 Å². The second-order valence-electron chi connectivity index (χ2n) is 10.7. The topological polar surface area (TPSA) is 94.9 Å². The zero-order valence-corrected chi connectivity index (χ0v) is 21.9. The van der Waals surface area contributed by atoms with Crippen molar-refractivity contribution in [3.8, 4) is 34.4 Å². The first-order valence-corrected chi connectivity index (χ1v) is 13.4. The van der Waals surface area contributed by atoms with Crippen LogP contribution in [0.1, 0.15) is 37.8 Å². The summed E-state index contributed by atoms with van der Waals surface area (Å²) in [7, 11) is 0. The maximum Gasteiger partial charge on any atom is 0.185 e. The summed E-state index contributed by atoms with van der Waals surface area (Å²) in [4.78, 5) is 2.47. The van der Waals surface area contributed by atoms with E-state index in [4.69, 9.17) is 5.26 Å². The van der Waals surface area contributed by atoms with Crippen molar-refractivity contribution in [3.63, 3.8) is 0 Å². The van der Waals surface area contributed by atoms with Gasteiger partial charge in [-0.3, -0.25) is 4.57 Å². The maximum absolute atomic E-state index is 9.71. The molecule has 0 bridgehead atoms. The number of fused-ring (bicyclic) bond motifs is 5. The molecule has 4 aromatic rings. The van der Waals surface area contributed by atoms with Crippen molar-refractivity contribution in [1.82, 2.24) is 24.6 Å². The number of aliphatic hydroxyl groups is 1. The lowest BCUT2D eigenvalue weighted by Gasteiger charge is -2.36. The van der Waals surface area contributed by atoms with Crippen molar-refractivity contribution in [2.75, 3.05) is 24.6 Å². The number of aromatic nitrogens is 4. The van der Waals surface area contributed by atoms with Crippen LogP contribution in [0, 0.1) is 17.2 Å². The van der Waals surface area contributed by atoms with Gasteiger partial charge in [0.05, 0.1) is 29.6 Å². The van der Waals surface area contributed by atoms with Gasteiger partial charge in [-0.2, -0.15) is 5.26 Å². The molecule has 1 atom stereocenters. The molecule has 1 saturated heterocycles. The van der Waals surface area contributed by atoms with E-state index in [1.165, 1.54) is 11.3 Å². The van der Waals surface area contributed by atoms with Gasteiger partial charge in [-0.25, -0.2) is 0 Å². The molecular weight excluding hydrogens is 474 g/mol. The Bertz CT molecular complexity index is 1470. The largest absolute Gasteiger partial charge is 0.395 e. The van der Waals surface area contributed by atoms with Crippen molar-refractivity contribution in [1.29, 1.82) is 5.26 Å². The van der Waals surface area contributed by atoms with Crippen molar-refractivity contribution < 1.29 is 5.11 Å². The molecule has 194 valence electrons. The molecule has 0 unspecified atom stereocenters. The van der Waals surface area contributed by atoms with Gasteiger partial charge < -0.3 is 19.9 Å². The minimum atomic E-state index is 0.155. The van der Waals surface area contributed by atoms with E-state index in [0.717, 1.165) is 60.8 Å². The highest BCUT2D eigenvalue weighted by Gasteiger charge is 2.26. The molecule has 0 saturated carbocycles. The predicted molar refractivity (Wildman–Crippen MR) is 148 cm³/mol. The van der Waals surface area contributed by atoms with Crippen molar-refractivity contribution >= 4 is 5.69 Å². The first kappa shape index (κ1) is 24.4. The summed E-state index contributed by atoms with van der Waals surface area (Å²) in [5, 5.41) is 31.2. The second kappa shape index (κ2) is 10.1. The summed E-state index contributed by atoms with van der Waals surface area (Å²) in [6.45, 7) is 7.21. The zero-order valence-electron chi connectivity index (χ0n) is 21.9. The van der Waals surface area contributed by atoms with Gasteiger partial charge in [0.2, 0.25) is 0 Å². The summed E-state index contributed by atoms with van der Waals surface area (Å²) in [5.41, 5.74) is 7.42. The van der Waals surface area contributed by atoms with Crippen molar-refractivity contribution in [2.45, 2.75) is 45.3 Å². The molecule has 0 amide bonds. The predicted octanol–water partition coefficient (Wildman–Crippen LogP) is 4.21. The minimum Gasteiger partial charge on any atom is -0.395 e. The molecule has 6 rings (SSSR count). The molecule has 0 aliphatic carbocycles. The highest BCUT2D eigenvalue weighted by molar-refractivity contribution is 5.72. The van der Waals surface area contributed by atoms with E-state index < -0.39 is 0 Å². The maximum atomic E-state index is 9.71. The average Bonchev–Trinajstić information content (AvgIpc) is 3.57. The number of nitriles is 1. The number of hydrogen-bond donors (Lipinski definition) is 2. The Hall–Kier alpha value is -3.93. The fourth-order valence-electron chi connectivity index (χ4n) is 5.69. The van der Waals surface area contributed by atoms with Crippen LogP contribution in [0.25, 0.3) is 28.3 Å². The van der Waals surface area contributed by atoms with Gasteiger partial charge in [0.25, 0.3) is 0 Å². The molecule has 8 heteroatoms. The number of hydrogen-bond acceptors (Lipinski definition) is 6. The highest BCUT2D eigenvalue weighted by atomic mass is 16.3. The van der Waals surface area contributed by atoms with Gasteiger partial charge in [-0.05, 0) is 66.3 Å². The van der Waals surface area contributed by atoms with Crippen LogP contribution < -0.4 is 10.2 Å². The number of benzene rings is 2. The third-order valence-corrected chi connectivity index (χ3v) is 8.00. The monoisotopic (exact) mass is 507 g/mol. The highest BCUT2D eigenvalue weighted by Crippen LogP contribution is 2.35. The van der Waals surface area contributed by atoms with E-state index in [1.54, 1.807) is 6.33 Å². The Morgan fingerprint density at radius 1 is 1.08 bits per heavy atom. The Kier molecular flexibility index (Phi) is 6.48. The van der Waals surface area contributed by atoms with Crippen LogP contribution in [-0.4, -0.2) is 56.2 Å². The van der Waals surface area contributed by atoms with Crippen LogP contribution in [0.4, 0.5) is 5.69 Å². The summed E-state index contributed by atoms with van der Waals surface area (Å²) in [6, 6.07) is 19.4. The smallest absolute Gasteiger partial charge is 0.185 e. The van der Waals surface area contributed by atoms with E-state index in [9.17, 15) is 5.11 Å². The molecule has 38 heavy (non-hydrogen) atoms. The normalized spacial score (nSPS) is 15.9. The molecule has 4 heterocycles. The molecule has 2 aromatic heterocycles. The summed E-state index contributed by atoms with van der Waals surface area (Å²) in [5.74, 6) is 1.24. The molecule has 0 radical (unpaired) electrons. The lowest BCUT2D eigenvalue weighted by Crippen LogP contribution is -2.49. The molecule has 2 aliphatic rings.